The Morgan fingerprint density at radius 3 is 2.72 bits per heavy atom. The fourth-order valence-electron chi connectivity index (χ4n) is 6.36. The van der Waals surface area contributed by atoms with E-state index < -0.39 is 11.8 Å². The van der Waals surface area contributed by atoms with Gasteiger partial charge in [0.2, 0.25) is 0 Å². The number of halogens is 2. The first kappa shape index (κ1) is 33.5. The van der Waals surface area contributed by atoms with Crippen molar-refractivity contribution in [1.29, 1.82) is 0 Å². The van der Waals surface area contributed by atoms with Crippen LogP contribution in [0.4, 0.5) is 4.79 Å². The van der Waals surface area contributed by atoms with Gasteiger partial charge in [-0.05, 0) is 103 Å². The number of amides is 2. The Hall–Kier alpha value is -3.35. The van der Waals surface area contributed by atoms with E-state index in [-0.39, 0.29) is 12.1 Å². The quantitative estimate of drug-likeness (QED) is 0.204. The van der Waals surface area contributed by atoms with E-state index in [9.17, 15) is 4.79 Å². The first-order chi connectivity index (χ1) is 22.6. The van der Waals surface area contributed by atoms with Crippen molar-refractivity contribution >= 4 is 33.6 Å². The van der Waals surface area contributed by atoms with Gasteiger partial charge in [0, 0.05) is 72.5 Å². The number of urea groups is 1. The van der Waals surface area contributed by atoms with Gasteiger partial charge in [-0.3, -0.25) is 24.6 Å². The molecule has 1 N–H and O–H groups in total. The summed E-state index contributed by atoms with van der Waals surface area (Å²) in [5.74, 6) is 0. The number of nitrogens with zero attached hydrogens (tertiary/aromatic N) is 7. The average molecular weight is 722 g/mol. The van der Waals surface area contributed by atoms with Gasteiger partial charge in [0.25, 0.3) is 0 Å². The van der Waals surface area contributed by atoms with Crippen molar-refractivity contribution < 1.29 is 9.63 Å². The molecule has 4 aromatic rings. The molecule has 0 saturated carbocycles. The summed E-state index contributed by atoms with van der Waals surface area (Å²) >= 11 is 10.1. The first-order valence-corrected chi connectivity index (χ1v) is 17.3. The Balaban J connectivity index is 1.32. The number of rotatable bonds is 9. The number of pyridine rings is 2. The Morgan fingerprint density at radius 2 is 1.96 bits per heavy atom. The van der Waals surface area contributed by atoms with Crippen LogP contribution in [0.2, 0.25) is 5.02 Å². The number of aromatic nitrogens is 4. The lowest BCUT2D eigenvalue weighted by atomic mass is 9.96. The Kier molecular flexibility index (Phi) is 10.6. The lowest BCUT2D eigenvalue weighted by molar-refractivity contribution is -0.251. The van der Waals surface area contributed by atoms with Crippen LogP contribution in [0.25, 0.3) is 0 Å². The molecule has 10 nitrogen and oxygen atoms in total. The second-order valence-corrected chi connectivity index (χ2v) is 14.6. The van der Waals surface area contributed by atoms with Crippen molar-refractivity contribution in [2.75, 3.05) is 26.2 Å². The monoisotopic (exact) mass is 720 g/mol. The largest absolute Gasteiger partial charge is 0.337 e. The van der Waals surface area contributed by atoms with Crippen molar-refractivity contribution in [3.63, 3.8) is 0 Å². The normalized spacial score (nSPS) is 18.5. The minimum absolute atomic E-state index is 0.114. The van der Waals surface area contributed by atoms with Gasteiger partial charge < -0.3 is 9.88 Å². The van der Waals surface area contributed by atoms with E-state index in [1.165, 1.54) is 16.7 Å². The Morgan fingerprint density at radius 1 is 1.11 bits per heavy atom. The van der Waals surface area contributed by atoms with Crippen LogP contribution in [0.15, 0.2) is 78.1 Å². The number of carbonyl (C=O) groups is 1. The van der Waals surface area contributed by atoms with Gasteiger partial charge in [0.1, 0.15) is 0 Å². The summed E-state index contributed by atoms with van der Waals surface area (Å²) in [5, 5.41) is 5.85. The Labute approximate surface area is 290 Å². The lowest BCUT2D eigenvalue weighted by Crippen LogP contribution is -2.62. The summed E-state index contributed by atoms with van der Waals surface area (Å²) in [7, 11) is 0. The minimum Gasteiger partial charge on any atom is -0.337 e. The minimum atomic E-state index is -0.555. The molecule has 1 fully saturated rings. The number of nitrogens with one attached hydrogen (secondary N) is 1. The van der Waals surface area contributed by atoms with Crippen molar-refractivity contribution in [3.8, 4) is 0 Å². The lowest BCUT2D eigenvalue weighted by Gasteiger charge is -2.45. The Bertz CT molecular complexity index is 1600. The average Bonchev–Trinajstić information content (AvgIpc) is 3.49. The van der Waals surface area contributed by atoms with Gasteiger partial charge in [0.05, 0.1) is 30.3 Å². The third kappa shape index (κ3) is 8.58. The number of fused-ring (bicyclic) bond motifs is 2. The zero-order valence-electron chi connectivity index (χ0n) is 27.1. The highest BCUT2D eigenvalue weighted by molar-refractivity contribution is 9.10. The van der Waals surface area contributed by atoms with Crippen molar-refractivity contribution in [2.24, 2.45) is 0 Å². The molecule has 1 aliphatic heterocycles. The molecule has 2 atom stereocenters. The molecule has 47 heavy (non-hydrogen) atoms. The van der Waals surface area contributed by atoms with E-state index in [0.29, 0.717) is 32.7 Å². The van der Waals surface area contributed by atoms with Crippen LogP contribution in [0.5, 0.6) is 0 Å². The summed E-state index contributed by atoms with van der Waals surface area (Å²) in [6.07, 6.45) is 11.3. The molecule has 0 radical (unpaired) electrons. The number of hydroxylamine groups is 2. The van der Waals surface area contributed by atoms with Gasteiger partial charge in [0.15, 0.2) is 6.23 Å². The fraction of sp³-hybridized carbons (Fsp3) is 0.429. The highest BCUT2D eigenvalue weighted by Crippen LogP contribution is 2.38. The molecule has 2 amide bonds. The van der Waals surface area contributed by atoms with Crippen molar-refractivity contribution in [1.82, 2.24) is 39.7 Å². The molecule has 1 aromatic carbocycles. The summed E-state index contributed by atoms with van der Waals surface area (Å²) in [5.41, 5.74) is 5.15. The van der Waals surface area contributed by atoms with E-state index in [4.69, 9.17) is 21.4 Å². The number of aryl methyl sites for hydroxylation is 3. The van der Waals surface area contributed by atoms with Crippen LogP contribution in [0.3, 0.4) is 0 Å². The van der Waals surface area contributed by atoms with E-state index in [2.05, 4.69) is 58.9 Å². The topological polar surface area (TPSA) is 91.7 Å². The molecule has 248 valence electrons. The maximum Gasteiger partial charge on any atom is 0.319 e. The number of hydrogen-bond acceptors (Lipinski definition) is 7. The molecule has 2 aliphatic rings. The molecule has 4 heterocycles. The summed E-state index contributed by atoms with van der Waals surface area (Å²) in [6.45, 7) is 9.54. The third-order valence-electron chi connectivity index (χ3n) is 8.48. The summed E-state index contributed by atoms with van der Waals surface area (Å²) < 4.78 is 3.02. The molecule has 1 aliphatic carbocycles. The smallest absolute Gasteiger partial charge is 0.319 e. The van der Waals surface area contributed by atoms with Gasteiger partial charge in [-0.25, -0.2) is 9.78 Å². The van der Waals surface area contributed by atoms with E-state index >= 15 is 0 Å². The van der Waals surface area contributed by atoms with E-state index in [1.54, 1.807) is 12.4 Å². The van der Waals surface area contributed by atoms with Gasteiger partial charge in [-0.1, -0.05) is 23.7 Å². The van der Waals surface area contributed by atoms with Crippen LogP contribution in [0, 0.1) is 0 Å². The molecule has 0 bridgehead atoms. The molecule has 6 rings (SSSR count). The highest BCUT2D eigenvalue weighted by atomic mass is 79.9. The molecule has 1 unspecified atom stereocenters. The zero-order valence-corrected chi connectivity index (χ0v) is 29.5. The van der Waals surface area contributed by atoms with Crippen molar-refractivity contribution in [2.45, 2.75) is 70.9 Å². The van der Waals surface area contributed by atoms with Crippen LogP contribution < -0.4 is 5.32 Å². The second kappa shape index (κ2) is 14.8. The third-order valence-corrected chi connectivity index (χ3v) is 9.15. The number of carbonyl (C=O) groups excluding carboxylic acids is 1. The summed E-state index contributed by atoms with van der Waals surface area (Å²) in [6, 6.07) is 14.0. The van der Waals surface area contributed by atoms with Gasteiger partial charge >= 0.3 is 6.03 Å². The molecule has 1 saturated heterocycles. The van der Waals surface area contributed by atoms with E-state index in [1.807, 2.05) is 73.7 Å². The molecular weight excluding hydrogens is 680 g/mol. The number of piperazine rings is 1. The second-order valence-electron chi connectivity index (χ2n) is 13.2. The standard InChI is InChI=1S/C35H42BrClN8O2/c1-35(2,3)41-34(46)45-18-17-43(33-30-11-10-28(37)20-25(30)8-9-26-19-27(36)21-40-32(26)33)23-31(45)47-44(22-29-7-4-5-12-39-29)15-6-14-42-16-13-38-24-42/h4-5,7,10-13,16,19-21,24,31,33H,6,8-9,14-15,17-18,22-23H2,1-3H3,(H,41,46)/t31-,33?/m0/s1. The molecule has 12 heteroatoms. The zero-order chi connectivity index (χ0) is 33.0. The fourth-order valence-corrected chi connectivity index (χ4v) is 6.94. The van der Waals surface area contributed by atoms with E-state index in [0.717, 1.165) is 46.7 Å². The predicted octanol–water partition coefficient (Wildman–Crippen LogP) is 6.25. The molecule has 0 spiro atoms. The number of imidazole rings is 1. The number of benzene rings is 1. The van der Waals surface area contributed by atoms with Gasteiger partial charge in [-0.15, -0.1) is 0 Å². The van der Waals surface area contributed by atoms with Gasteiger partial charge in [-0.2, -0.15) is 5.06 Å². The predicted molar refractivity (Wildman–Crippen MR) is 186 cm³/mol. The molecule has 3 aromatic heterocycles. The van der Waals surface area contributed by atoms with Crippen LogP contribution in [-0.4, -0.2) is 78.4 Å². The van der Waals surface area contributed by atoms with Crippen LogP contribution in [0.1, 0.15) is 61.3 Å². The number of hydrogen-bond donors (Lipinski definition) is 1. The highest BCUT2D eigenvalue weighted by Gasteiger charge is 2.39. The summed E-state index contributed by atoms with van der Waals surface area (Å²) in [4.78, 5) is 38.6. The van der Waals surface area contributed by atoms with Crippen LogP contribution >= 0.6 is 27.5 Å². The SMILES string of the molecule is CC(C)(C)NC(=O)N1CCN(C2c3ccc(Cl)cc3CCc3cc(Br)cnc32)C[C@@H]1ON(CCCn1ccnc1)Cc1ccccn1. The molecular formula is C35H42BrClN8O2. The first-order valence-electron chi connectivity index (χ1n) is 16.2. The maximum absolute atomic E-state index is 13.8. The van der Waals surface area contributed by atoms with Crippen LogP contribution in [-0.2, 0) is 30.8 Å². The maximum atomic E-state index is 13.8. The van der Waals surface area contributed by atoms with Crippen molar-refractivity contribution in [3.05, 3.63) is 111 Å².